The lowest BCUT2D eigenvalue weighted by Crippen LogP contribution is -2.32. The number of carbonyl (C=O) groups excluding carboxylic acids is 1. The van der Waals surface area contributed by atoms with E-state index in [1.165, 1.54) is 0 Å². The first kappa shape index (κ1) is 18.2. The van der Waals surface area contributed by atoms with E-state index in [0.717, 1.165) is 11.1 Å². The fourth-order valence-corrected chi connectivity index (χ4v) is 3.10. The summed E-state index contributed by atoms with van der Waals surface area (Å²) in [7, 11) is 0. The SMILES string of the molecule is Cc1ccc(C(NC(=O)C(C)C)c2cc(Cl)c3cccnc3c2O)cc1. The van der Waals surface area contributed by atoms with E-state index in [-0.39, 0.29) is 17.6 Å². The highest BCUT2D eigenvalue weighted by atomic mass is 35.5. The number of phenols is 1. The van der Waals surface area contributed by atoms with E-state index in [4.69, 9.17) is 11.6 Å². The van der Waals surface area contributed by atoms with Crippen LogP contribution in [0.4, 0.5) is 0 Å². The maximum atomic E-state index is 12.4. The van der Waals surface area contributed by atoms with Gasteiger partial charge in [-0.1, -0.05) is 55.3 Å². The van der Waals surface area contributed by atoms with Crippen molar-refractivity contribution in [2.75, 3.05) is 0 Å². The molecule has 0 aliphatic carbocycles. The first-order valence-corrected chi connectivity index (χ1v) is 8.89. The van der Waals surface area contributed by atoms with Gasteiger partial charge in [0.1, 0.15) is 11.3 Å². The fourth-order valence-electron chi connectivity index (χ4n) is 2.83. The molecule has 1 unspecified atom stereocenters. The number of amides is 1. The highest BCUT2D eigenvalue weighted by Gasteiger charge is 2.24. The number of pyridine rings is 1. The summed E-state index contributed by atoms with van der Waals surface area (Å²) in [5, 5.41) is 15.0. The number of aryl methyl sites for hydroxylation is 1. The Labute approximate surface area is 157 Å². The van der Waals surface area contributed by atoms with Crippen LogP contribution in [-0.2, 0) is 4.79 Å². The predicted octanol–water partition coefficient (Wildman–Crippen LogP) is 4.76. The zero-order chi connectivity index (χ0) is 18.8. The number of aromatic nitrogens is 1. The Hall–Kier alpha value is -2.59. The van der Waals surface area contributed by atoms with Crippen molar-refractivity contribution in [2.45, 2.75) is 26.8 Å². The molecule has 134 valence electrons. The number of nitrogens with zero attached hydrogens (tertiary/aromatic N) is 1. The van der Waals surface area contributed by atoms with Gasteiger partial charge in [-0.25, -0.2) is 0 Å². The van der Waals surface area contributed by atoms with E-state index in [9.17, 15) is 9.90 Å². The molecule has 1 aromatic heterocycles. The minimum absolute atomic E-state index is 0.0274. The molecule has 0 fully saturated rings. The van der Waals surface area contributed by atoms with Gasteiger partial charge >= 0.3 is 0 Å². The van der Waals surface area contributed by atoms with Crippen molar-refractivity contribution in [1.82, 2.24) is 10.3 Å². The van der Waals surface area contributed by atoms with Crippen LogP contribution in [0.5, 0.6) is 5.75 Å². The molecule has 2 N–H and O–H groups in total. The molecule has 2 aromatic carbocycles. The summed E-state index contributed by atoms with van der Waals surface area (Å²) in [6.45, 7) is 5.66. The average Bonchev–Trinajstić information content (AvgIpc) is 2.63. The molecule has 0 aliphatic heterocycles. The van der Waals surface area contributed by atoms with Crippen LogP contribution in [0.3, 0.4) is 0 Å². The first-order valence-electron chi connectivity index (χ1n) is 8.51. The van der Waals surface area contributed by atoms with Gasteiger partial charge in [0.15, 0.2) is 0 Å². The van der Waals surface area contributed by atoms with Gasteiger partial charge < -0.3 is 10.4 Å². The van der Waals surface area contributed by atoms with Gasteiger partial charge in [-0.15, -0.1) is 0 Å². The van der Waals surface area contributed by atoms with E-state index < -0.39 is 6.04 Å². The van der Waals surface area contributed by atoms with Crippen LogP contribution >= 0.6 is 11.6 Å². The zero-order valence-electron chi connectivity index (χ0n) is 15.0. The van der Waals surface area contributed by atoms with Gasteiger partial charge in [0, 0.05) is 23.1 Å². The van der Waals surface area contributed by atoms with Crippen LogP contribution in [0.25, 0.3) is 10.9 Å². The molecule has 0 bridgehead atoms. The molecule has 0 saturated carbocycles. The van der Waals surface area contributed by atoms with E-state index in [0.29, 0.717) is 21.5 Å². The summed E-state index contributed by atoms with van der Waals surface area (Å²) >= 11 is 6.43. The number of fused-ring (bicyclic) bond motifs is 1. The number of carbonyl (C=O) groups is 1. The van der Waals surface area contributed by atoms with E-state index >= 15 is 0 Å². The molecular formula is C21H21ClN2O2. The molecule has 0 aliphatic rings. The number of benzene rings is 2. The molecule has 0 saturated heterocycles. The largest absolute Gasteiger partial charge is 0.505 e. The van der Waals surface area contributed by atoms with Gasteiger partial charge in [0.25, 0.3) is 0 Å². The molecule has 1 heterocycles. The number of phenolic OH excluding ortho intramolecular Hbond substituents is 1. The second-order valence-corrected chi connectivity index (χ2v) is 7.11. The second-order valence-electron chi connectivity index (χ2n) is 6.70. The van der Waals surface area contributed by atoms with Crippen molar-refractivity contribution in [1.29, 1.82) is 0 Å². The zero-order valence-corrected chi connectivity index (χ0v) is 15.7. The number of hydrogen-bond acceptors (Lipinski definition) is 3. The fraction of sp³-hybridized carbons (Fsp3) is 0.238. The lowest BCUT2D eigenvalue weighted by molar-refractivity contribution is -0.124. The number of nitrogens with one attached hydrogen (secondary N) is 1. The van der Waals surface area contributed by atoms with Crippen molar-refractivity contribution in [3.63, 3.8) is 0 Å². The third kappa shape index (κ3) is 3.51. The van der Waals surface area contributed by atoms with Crippen molar-refractivity contribution in [2.24, 2.45) is 5.92 Å². The minimum Gasteiger partial charge on any atom is -0.505 e. The molecule has 3 aromatic rings. The number of aromatic hydroxyl groups is 1. The van der Waals surface area contributed by atoms with Crippen molar-refractivity contribution < 1.29 is 9.90 Å². The van der Waals surface area contributed by atoms with Crippen LogP contribution in [0.2, 0.25) is 5.02 Å². The predicted molar refractivity (Wildman–Crippen MR) is 104 cm³/mol. The normalized spacial score (nSPS) is 12.3. The van der Waals surface area contributed by atoms with Crippen molar-refractivity contribution in [3.8, 4) is 5.75 Å². The Morgan fingerprint density at radius 1 is 1.19 bits per heavy atom. The maximum Gasteiger partial charge on any atom is 0.223 e. The molecule has 3 rings (SSSR count). The number of halogens is 1. The number of hydrogen-bond donors (Lipinski definition) is 2. The Kier molecular flexibility index (Phi) is 5.14. The summed E-state index contributed by atoms with van der Waals surface area (Å²) in [5.74, 6) is -0.258. The molecule has 5 heteroatoms. The summed E-state index contributed by atoms with van der Waals surface area (Å²) < 4.78 is 0. The smallest absolute Gasteiger partial charge is 0.223 e. The maximum absolute atomic E-state index is 12.4. The van der Waals surface area contributed by atoms with Crippen LogP contribution in [0.1, 0.15) is 36.6 Å². The summed E-state index contributed by atoms with van der Waals surface area (Å²) in [6.07, 6.45) is 1.61. The Balaban J connectivity index is 2.18. The highest BCUT2D eigenvalue weighted by Crippen LogP contribution is 2.38. The minimum atomic E-state index is -0.519. The lowest BCUT2D eigenvalue weighted by Gasteiger charge is -2.23. The van der Waals surface area contributed by atoms with E-state index in [1.807, 2.05) is 51.1 Å². The summed E-state index contributed by atoms with van der Waals surface area (Å²) in [5.41, 5.74) is 2.93. The van der Waals surface area contributed by atoms with Gasteiger partial charge in [-0.2, -0.15) is 0 Å². The summed E-state index contributed by atoms with van der Waals surface area (Å²) in [6, 6.07) is 12.6. The summed E-state index contributed by atoms with van der Waals surface area (Å²) in [4.78, 5) is 16.6. The van der Waals surface area contributed by atoms with Crippen LogP contribution in [-0.4, -0.2) is 16.0 Å². The quantitative estimate of drug-likeness (QED) is 0.697. The standard InChI is InChI=1S/C21H21ClN2O2/c1-12(2)21(26)24-18(14-8-6-13(3)7-9-14)16-11-17(22)15-5-4-10-23-19(15)20(16)25/h4-12,18,25H,1-3H3,(H,24,26). The second kappa shape index (κ2) is 7.34. The lowest BCUT2D eigenvalue weighted by atomic mass is 9.95. The molecule has 26 heavy (non-hydrogen) atoms. The topological polar surface area (TPSA) is 62.2 Å². The Bertz CT molecular complexity index is 952. The number of rotatable bonds is 4. The molecule has 4 nitrogen and oxygen atoms in total. The highest BCUT2D eigenvalue weighted by molar-refractivity contribution is 6.35. The average molecular weight is 369 g/mol. The Morgan fingerprint density at radius 3 is 2.54 bits per heavy atom. The van der Waals surface area contributed by atoms with Gasteiger partial charge in [-0.05, 0) is 30.7 Å². The van der Waals surface area contributed by atoms with Gasteiger partial charge in [0.2, 0.25) is 5.91 Å². The van der Waals surface area contributed by atoms with Crippen LogP contribution in [0.15, 0.2) is 48.7 Å². The van der Waals surface area contributed by atoms with Crippen molar-refractivity contribution in [3.05, 3.63) is 70.4 Å². The third-order valence-electron chi connectivity index (χ3n) is 4.38. The van der Waals surface area contributed by atoms with Crippen molar-refractivity contribution >= 4 is 28.4 Å². The third-order valence-corrected chi connectivity index (χ3v) is 4.69. The molecule has 1 amide bonds. The van der Waals surface area contributed by atoms with Crippen LogP contribution < -0.4 is 5.32 Å². The van der Waals surface area contributed by atoms with E-state index in [2.05, 4.69) is 10.3 Å². The van der Waals surface area contributed by atoms with Gasteiger partial charge in [-0.3, -0.25) is 9.78 Å². The molecule has 1 atom stereocenters. The first-order chi connectivity index (χ1) is 12.4. The molecular weight excluding hydrogens is 348 g/mol. The monoisotopic (exact) mass is 368 g/mol. The van der Waals surface area contributed by atoms with Crippen LogP contribution in [0, 0.1) is 12.8 Å². The molecule has 0 spiro atoms. The Morgan fingerprint density at radius 2 is 1.88 bits per heavy atom. The van der Waals surface area contributed by atoms with E-state index in [1.54, 1.807) is 18.3 Å². The van der Waals surface area contributed by atoms with Gasteiger partial charge in [0.05, 0.1) is 11.1 Å². The molecule has 0 radical (unpaired) electrons.